The summed E-state index contributed by atoms with van der Waals surface area (Å²) in [6.07, 6.45) is 2.56. The molecule has 0 amide bonds. The van der Waals surface area contributed by atoms with Crippen LogP contribution in [0.15, 0.2) is 4.90 Å². The van der Waals surface area contributed by atoms with Crippen LogP contribution in [0.5, 0.6) is 0 Å². The van der Waals surface area contributed by atoms with Crippen LogP contribution < -0.4 is 10.6 Å². The Morgan fingerprint density at radius 1 is 1.37 bits per heavy atom. The lowest BCUT2D eigenvalue weighted by atomic mass is 10.2. The summed E-state index contributed by atoms with van der Waals surface area (Å²) in [5.41, 5.74) is 5.68. The number of hydrogen-bond acceptors (Lipinski definition) is 7. The number of unbranched alkanes of at least 4 members (excludes halogenated alkanes) is 2. The predicted molar refractivity (Wildman–Crippen MR) is 78.5 cm³/mol. The molecule has 1 aromatic rings. The van der Waals surface area contributed by atoms with Crippen LogP contribution in [0.1, 0.15) is 26.2 Å². The molecule has 0 fully saturated rings. The summed E-state index contributed by atoms with van der Waals surface area (Å²) in [6, 6.07) is 0. The first kappa shape index (κ1) is 16.2. The van der Waals surface area contributed by atoms with E-state index in [0.717, 1.165) is 30.8 Å². The number of nitrogen functional groups attached to an aromatic ring is 1. The summed E-state index contributed by atoms with van der Waals surface area (Å²) in [5, 5.41) is 9.32. The summed E-state index contributed by atoms with van der Waals surface area (Å²) in [6.45, 7) is 2.50. The summed E-state index contributed by atoms with van der Waals surface area (Å²) < 4.78 is 28.0. The highest BCUT2D eigenvalue weighted by Gasteiger charge is 2.25. The SMILES string of the molecule is CCS(=O)(=O)c1c(N)nsc1N(C)CCCCCO. The van der Waals surface area contributed by atoms with E-state index in [9.17, 15) is 8.42 Å². The Kier molecular flexibility index (Phi) is 6.02. The van der Waals surface area contributed by atoms with Gasteiger partial charge in [0, 0.05) is 20.2 Å². The van der Waals surface area contributed by atoms with Crippen LogP contribution in [-0.4, -0.2) is 43.9 Å². The number of aliphatic hydroxyl groups excluding tert-OH is 1. The molecular formula is C11H21N3O3S2. The van der Waals surface area contributed by atoms with E-state index >= 15 is 0 Å². The summed E-state index contributed by atoms with van der Waals surface area (Å²) >= 11 is 1.11. The van der Waals surface area contributed by atoms with Gasteiger partial charge in [0.05, 0.1) is 5.75 Å². The van der Waals surface area contributed by atoms with Crippen molar-refractivity contribution in [3.8, 4) is 0 Å². The van der Waals surface area contributed by atoms with Crippen molar-refractivity contribution in [3.63, 3.8) is 0 Å². The predicted octanol–water partition coefficient (Wildman–Crippen LogP) is 1.12. The third-order valence-corrected chi connectivity index (χ3v) is 5.74. The molecular weight excluding hydrogens is 286 g/mol. The van der Waals surface area contributed by atoms with Crippen molar-refractivity contribution >= 4 is 32.2 Å². The molecule has 0 aromatic carbocycles. The highest BCUT2D eigenvalue weighted by Crippen LogP contribution is 2.34. The van der Waals surface area contributed by atoms with Crippen molar-refractivity contribution < 1.29 is 13.5 Å². The van der Waals surface area contributed by atoms with Crippen molar-refractivity contribution in [3.05, 3.63) is 0 Å². The van der Waals surface area contributed by atoms with Gasteiger partial charge in [0.15, 0.2) is 15.7 Å². The molecule has 1 aromatic heterocycles. The summed E-state index contributed by atoms with van der Waals surface area (Å²) in [7, 11) is -1.52. The van der Waals surface area contributed by atoms with Gasteiger partial charge in [-0.05, 0) is 30.8 Å². The molecule has 0 bridgehead atoms. The molecule has 8 heteroatoms. The molecule has 0 aliphatic heterocycles. The van der Waals surface area contributed by atoms with E-state index < -0.39 is 9.84 Å². The van der Waals surface area contributed by atoms with Gasteiger partial charge >= 0.3 is 0 Å². The molecule has 0 aliphatic rings. The second kappa shape index (κ2) is 7.06. The monoisotopic (exact) mass is 307 g/mol. The van der Waals surface area contributed by atoms with Crippen LogP contribution in [-0.2, 0) is 9.84 Å². The van der Waals surface area contributed by atoms with Crippen LogP contribution in [0, 0.1) is 0 Å². The summed E-state index contributed by atoms with van der Waals surface area (Å²) in [5.74, 6) is 0.102. The van der Waals surface area contributed by atoms with Gasteiger partial charge in [-0.25, -0.2) is 8.42 Å². The van der Waals surface area contributed by atoms with Crippen molar-refractivity contribution in [2.24, 2.45) is 0 Å². The largest absolute Gasteiger partial charge is 0.396 e. The maximum atomic E-state index is 12.0. The minimum absolute atomic E-state index is 0.0148. The molecule has 0 unspecified atom stereocenters. The van der Waals surface area contributed by atoms with Gasteiger partial charge in [0.25, 0.3) is 0 Å². The van der Waals surface area contributed by atoms with E-state index in [1.54, 1.807) is 6.92 Å². The van der Waals surface area contributed by atoms with Gasteiger partial charge in [-0.2, -0.15) is 4.37 Å². The van der Waals surface area contributed by atoms with Crippen LogP contribution in [0.25, 0.3) is 0 Å². The third-order valence-electron chi connectivity index (χ3n) is 2.85. The average Bonchev–Trinajstić information content (AvgIpc) is 2.77. The van der Waals surface area contributed by atoms with Gasteiger partial charge in [-0.15, -0.1) is 0 Å². The lowest BCUT2D eigenvalue weighted by Gasteiger charge is -2.18. The first-order valence-corrected chi connectivity index (χ1v) is 8.66. The third kappa shape index (κ3) is 4.05. The first-order valence-electron chi connectivity index (χ1n) is 6.24. The Morgan fingerprint density at radius 3 is 2.63 bits per heavy atom. The maximum Gasteiger partial charge on any atom is 0.184 e. The number of anilines is 2. The van der Waals surface area contributed by atoms with Gasteiger partial charge in [-0.1, -0.05) is 6.92 Å². The van der Waals surface area contributed by atoms with Crippen molar-refractivity contribution in [2.45, 2.75) is 31.1 Å². The fraction of sp³-hybridized carbons (Fsp3) is 0.727. The van der Waals surface area contributed by atoms with Crippen molar-refractivity contribution in [2.75, 3.05) is 36.6 Å². The van der Waals surface area contributed by atoms with E-state index in [4.69, 9.17) is 10.8 Å². The quantitative estimate of drug-likeness (QED) is 0.699. The minimum atomic E-state index is -3.36. The second-order valence-electron chi connectivity index (χ2n) is 4.31. The smallest absolute Gasteiger partial charge is 0.184 e. The van der Waals surface area contributed by atoms with Crippen LogP contribution in [0.2, 0.25) is 0 Å². The van der Waals surface area contributed by atoms with Crippen LogP contribution >= 0.6 is 11.5 Å². The number of aliphatic hydroxyl groups is 1. The maximum absolute atomic E-state index is 12.0. The molecule has 0 radical (unpaired) electrons. The lowest BCUT2D eigenvalue weighted by Crippen LogP contribution is -2.20. The normalized spacial score (nSPS) is 11.7. The highest BCUT2D eigenvalue weighted by molar-refractivity contribution is 7.91. The first-order chi connectivity index (χ1) is 8.94. The average molecular weight is 307 g/mol. The molecule has 0 spiro atoms. The number of sulfone groups is 1. The highest BCUT2D eigenvalue weighted by atomic mass is 32.2. The molecule has 0 saturated heterocycles. The number of aromatic nitrogens is 1. The van der Waals surface area contributed by atoms with E-state index in [1.807, 2.05) is 11.9 Å². The molecule has 3 N–H and O–H groups in total. The minimum Gasteiger partial charge on any atom is -0.396 e. The molecule has 0 saturated carbocycles. The molecule has 1 heterocycles. The van der Waals surface area contributed by atoms with E-state index in [1.165, 1.54) is 0 Å². The van der Waals surface area contributed by atoms with Gasteiger partial charge in [-0.3, -0.25) is 0 Å². The Morgan fingerprint density at radius 2 is 2.05 bits per heavy atom. The molecule has 19 heavy (non-hydrogen) atoms. The molecule has 6 nitrogen and oxygen atoms in total. The summed E-state index contributed by atoms with van der Waals surface area (Å²) in [4.78, 5) is 2.03. The molecule has 0 aliphatic carbocycles. The van der Waals surface area contributed by atoms with E-state index in [2.05, 4.69) is 4.37 Å². The Hall–Kier alpha value is -0.860. The Balaban J connectivity index is 2.84. The zero-order chi connectivity index (χ0) is 14.5. The van der Waals surface area contributed by atoms with E-state index in [-0.39, 0.29) is 23.1 Å². The van der Waals surface area contributed by atoms with Gasteiger partial charge in [0.1, 0.15) is 9.90 Å². The van der Waals surface area contributed by atoms with Crippen LogP contribution in [0.4, 0.5) is 10.8 Å². The Labute approximate surface area is 118 Å². The van der Waals surface area contributed by atoms with E-state index in [0.29, 0.717) is 11.5 Å². The molecule has 0 atom stereocenters. The fourth-order valence-corrected chi connectivity index (χ4v) is 4.02. The number of rotatable bonds is 8. The molecule has 1 rings (SSSR count). The topological polar surface area (TPSA) is 96.5 Å². The van der Waals surface area contributed by atoms with Crippen molar-refractivity contribution in [1.82, 2.24) is 4.37 Å². The lowest BCUT2D eigenvalue weighted by molar-refractivity contribution is 0.283. The number of nitrogens with two attached hydrogens (primary N) is 1. The standard InChI is InChI=1S/C11H21N3O3S2/c1-3-19(16,17)9-10(12)13-18-11(9)14(2)7-5-4-6-8-15/h15H,3-8H2,1-2H3,(H2,12,13). The molecule has 110 valence electrons. The number of nitrogens with zero attached hydrogens (tertiary/aromatic N) is 2. The van der Waals surface area contributed by atoms with Crippen molar-refractivity contribution in [1.29, 1.82) is 0 Å². The zero-order valence-electron chi connectivity index (χ0n) is 11.3. The van der Waals surface area contributed by atoms with Gasteiger partial charge in [0.2, 0.25) is 0 Å². The van der Waals surface area contributed by atoms with Crippen LogP contribution in [0.3, 0.4) is 0 Å². The zero-order valence-corrected chi connectivity index (χ0v) is 12.9. The van der Waals surface area contributed by atoms with Gasteiger partial charge < -0.3 is 15.7 Å². The Bertz CT molecular complexity index is 499. The number of hydrogen-bond donors (Lipinski definition) is 2. The second-order valence-corrected chi connectivity index (χ2v) is 7.28. The fourth-order valence-electron chi connectivity index (χ4n) is 1.70.